The summed E-state index contributed by atoms with van der Waals surface area (Å²) < 4.78 is 4.79. The first-order valence-corrected chi connectivity index (χ1v) is 3.93. The van der Waals surface area contributed by atoms with Crippen LogP contribution in [0.25, 0.3) is 4.85 Å². The van der Waals surface area contributed by atoms with Crippen LogP contribution in [0.2, 0.25) is 0 Å². The van der Waals surface area contributed by atoms with Gasteiger partial charge in [0.05, 0.1) is 13.2 Å². The molecule has 0 spiro atoms. The van der Waals surface area contributed by atoms with E-state index >= 15 is 0 Å². The minimum Gasteiger partial charge on any atom is -0.461 e. The van der Waals surface area contributed by atoms with Gasteiger partial charge in [-0.25, -0.2) is 9.64 Å². The molecular formula is C9H10N2O2. The van der Waals surface area contributed by atoms with Crippen LogP contribution in [0.15, 0.2) is 6.20 Å². The lowest BCUT2D eigenvalue weighted by atomic mass is 10.2. The molecule has 0 amide bonds. The van der Waals surface area contributed by atoms with Crippen molar-refractivity contribution in [2.45, 2.75) is 13.8 Å². The Bertz CT molecular complexity index is 360. The number of esters is 1. The number of ether oxygens (including phenoxy) is 1. The molecule has 0 saturated carbocycles. The van der Waals surface area contributed by atoms with Crippen molar-refractivity contribution in [2.24, 2.45) is 0 Å². The molecule has 0 aliphatic rings. The van der Waals surface area contributed by atoms with E-state index in [1.54, 1.807) is 13.8 Å². The van der Waals surface area contributed by atoms with Crippen LogP contribution < -0.4 is 0 Å². The summed E-state index contributed by atoms with van der Waals surface area (Å²) in [6.45, 7) is 10.6. The Morgan fingerprint density at radius 1 is 1.77 bits per heavy atom. The zero-order chi connectivity index (χ0) is 9.84. The summed E-state index contributed by atoms with van der Waals surface area (Å²) in [5, 5.41) is 0. The van der Waals surface area contributed by atoms with E-state index in [1.165, 1.54) is 6.20 Å². The topological polar surface area (TPSA) is 46.5 Å². The van der Waals surface area contributed by atoms with E-state index in [0.717, 1.165) is 0 Å². The van der Waals surface area contributed by atoms with Crippen molar-refractivity contribution in [1.29, 1.82) is 0 Å². The monoisotopic (exact) mass is 178 g/mol. The van der Waals surface area contributed by atoms with Gasteiger partial charge in [-0.05, 0) is 19.4 Å². The largest absolute Gasteiger partial charge is 0.461 e. The average molecular weight is 178 g/mol. The molecule has 1 rings (SSSR count). The zero-order valence-electron chi connectivity index (χ0n) is 7.55. The molecule has 68 valence electrons. The smallest absolute Gasteiger partial charge is 0.353 e. The summed E-state index contributed by atoms with van der Waals surface area (Å²) in [6.07, 6.45) is 1.51. The number of rotatable bonds is 2. The molecule has 0 bridgehead atoms. The first kappa shape index (κ1) is 9.33. The molecule has 1 aromatic rings. The summed E-state index contributed by atoms with van der Waals surface area (Å²) in [6, 6.07) is 0. The predicted molar refractivity (Wildman–Crippen MR) is 47.7 cm³/mol. The molecule has 0 atom stereocenters. The van der Waals surface area contributed by atoms with Crippen molar-refractivity contribution in [3.05, 3.63) is 28.9 Å². The summed E-state index contributed by atoms with van der Waals surface area (Å²) in [7, 11) is 0. The first-order chi connectivity index (χ1) is 6.20. The number of carbonyl (C=O) groups excluding carboxylic acids is 1. The van der Waals surface area contributed by atoms with Crippen LogP contribution in [0.4, 0.5) is 5.69 Å². The van der Waals surface area contributed by atoms with Gasteiger partial charge in [-0.2, -0.15) is 0 Å². The number of carbonyl (C=O) groups is 1. The van der Waals surface area contributed by atoms with E-state index in [1.807, 2.05) is 0 Å². The number of hydrogen-bond donors (Lipinski definition) is 1. The molecule has 4 heteroatoms. The molecule has 1 N–H and O–H groups in total. The molecule has 0 aliphatic heterocycles. The van der Waals surface area contributed by atoms with Gasteiger partial charge in [-0.3, -0.25) is 0 Å². The lowest BCUT2D eigenvalue weighted by Crippen LogP contribution is -2.06. The molecule has 0 saturated heterocycles. The molecule has 1 aromatic heterocycles. The second kappa shape index (κ2) is 3.76. The Balaban J connectivity index is 2.97. The highest BCUT2D eigenvalue weighted by Crippen LogP contribution is 2.21. The van der Waals surface area contributed by atoms with Crippen molar-refractivity contribution in [3.8, 4) is 0 Å². The van der Waals surface area contributed by atoms with Gasteiger partial charge < -0.3 is 9.72 Å². The number of H-pyrrole nitrogens is 1. The number of aromatic amines is 1. The average Bonchev–Trinajstić information content (AvgIpc) is 2.47. The lowest BCUT2D eigenvalue weighted by molar-refractivity contribution is 0.0519. The Morgan fingerprint density at radius 2 is 2.46 bits per heavy atom. The van der Waals surface area contributed by atoms with Gasteiger partial charge in [-0.15, -0.1) is 0 Å². The van der Waals surface area contributed by atoms with E-state index in [0.29, 0.717) is 23.6 Å². The molecule has 1 heterocycles. The third kappa shape index (κ3) is 1.70. The van der Waals surface area contributed by atoms with Gasteiger partial charge >= 0.3 is 5.97 Å². The maximum Gasteiger partial charge on any atom is 0.353 e. The van der Waals surface area contributed by atoms with Crippen LogP contribution in [0, 0.1) is 13.5 Å². The number of aromatic nitrogens is 1. The van der Waals surface area contributed by atoms with Crippen LogP contribution in [0.5, 0.6) is 0 Å². The van der Waals surface area contributed by atoms with Crippen LogP contribution in [0.1, 0.15) is 23.0 Å². The van der Waals surface area contributed by atoms with Crippen molar-refractivity contribution >= 4 is 11.7 Å². The summed E-state index contributed by atoms with van der Waals surface area (Å²) >= 11 is 0. The fourth-order valence-electron chi connectivity index (χ4n) is 1.02. The Labute approximate surface area is 76.3 Å². The fraction of sp³-hybridized carbons (Fsp3) is 0.333. The summed E-state index contributed by atoms with van der Waals surface area (Å²) in [4.78, 5) is 17.2. The maximum atomic E-state index is 11.2. The molecule has 0 aromatic carbocycles. The minimum absolute atomic E-state index is 0.338. The van der Waals surface area contributed by atoms with Gasteiger partial charge in [0.1, 0.15) is 5.69 Å². The highest BCUT2D eigenvalue weighted by molar-refractivity contribution is 5.91. The van der Waals surface area contributed by atoms with Crippen LogP contribution >= 0.6 is 0 Å². The number of nitrogens with one attached hydrogen (secondary N) is 1. The Hall–Kier alpha value is -1.76. The van der Waals surface area contributed by atoms with Crippen molar-refractivity contribution in [2.75, 3.05) is 6.61 Å². The highest BCUT2D eigenvalue weighted by atomic mass is 16.5. The quantitative estimate of drug-likeness (QED) is 0.556. The van der Waals surface area contributed by atoms with E-state index in [2.05, 4.69) is 9.83 Å². The van der Waals surface area contributed by atoms with Crippen LogP contribution in [0.3, 0.4) is 0 Å². The minimum atomic E-state index is -0.408. The highest BCUT2D eigenvalue weighted by Gasteiger charge is 2.14. The third-order valence-corrected chi connectivity index (χ3v) is 1.71. The van der Waals surface area contributed by atoms with Gasteiger partial charge in [0, 0.05) is 6.20 Å². The normalized spacial score (nSPS) is 9.31. The summed E-state index contributed by atoms with van der Waals surface area (Å²) in [5.41, 5.74) is 1.48. The molecule has 4 nitrogen and oxygen atoms in total. The molecule has 0 aliphatic carbocycles. The predicted octanol–water partition coefficient (Wildman–Crippen LogP) is 2.05. The summed E-state index contributed by atoms with van der Waals surface area (Å²) in [5.74, 6) is -0.408. The lowest BCUT2D eigenvalue weighted by Gasteiger charge is -1.99. The van der Waals surface area contributed by atoms with Gasteiger partial charge in [0.25, 0.3) is 0 Å². The van der Waals surface area contributed by atoms with Gasteiger partial charge in [0.15, 0.2) is 0 Å². The van der Waals surface area contributed by atoms with Crippen molar-refractivity contribution < 1.29 is 9.53 Å². The second-order valence-electron chi connectivity index (χ2n) is 2.51. The first-order valence-electron chi connectivity index (χ1n) is 3.93. The standard InChI is InChI=1S/C9H10N2O2/c1-4-13-9(12)8-6(2)7(10-3)5-11-8/h5,11H,4H2,1-2H3. The van der Waals surface area contributed by atoms with Crippen molar-refractivity contribution in [3.63, 3.8) is 0 Å². The van der Waals surface area contributed by atoms with E-state index in [4.69, 9.17) is 11.3 Å². The molecule has 0 radical (unpaired) electrons. The molecule has 0 fully saturated rings. The molecule has 0 unspecified atom stereocenters. The van der Waals surface area contributed by atoms with Crippen molar-refractivity contribution in [1.82, 2.24) is 4.98 Å². The second-order valence-corrected chi connectivity index (χ2v) is 2.51. The third-order valence-electron chi connectivity index (χ3n) is 1.71. The van der Waals surface area contributed by atoms with E-state index in [9.17, 15) is 4.79 Å². The zero-order valence-corrected chi connectivity index (χ0v) is 7.55. The van der Waals surface area contributed by atoms with Crippen LogP contribution in [-0.2, 0) is 4.74 Å². The maximum absolute atomic E-state index is 11.2. The van der Waals surface area contributed by atoms with Crippen LogP contribution in [-0.4, -0.2) is 17.6 Å². The Morgan fingerprint density at radius 3 is 2.92 bits per heavy atom. The van der Waals surface area contributed by atoms with E-state index < -0.39 is 5.97 Å². The van der Waals surface area contributed by atoms with E-state index in [-0.39, 0.29) is 0 Å². The SMILES string of the molecule is [C-]#[N+]c1c[nH]c(C(=O)OCC)c1C. The van der Waals surface area contributed by atoms with Gasteiger partial charge in [-0.1, -0.05) is 0 Å². The number of hydrogen-bond acceptors (Lipinski definition) is 2. The molecular weight excluding hydrogens is 168 g/mol. The molecule has 13 heavy (non-hydrogen) atoms. The Kier molecular flexibility index (Phi) is 2.70. The fourth-order valence-corrected chi connectivity index (χ4v) is 1.02. The van der Waals surface area contributed by atoms with Gasteiger partial charge in [0.2, 0.25) is 5.69 Å². The number of nitrogens with zero attached hydrogens (tertiary/aromatic N) is 1.